The molecule has 6 heteroatoms. The number of hydrogen-bond acceptors (Lipinski definition) is 3. The third-order valence-corrected chi connectivity index (χ3v) is 2.97. The van der Waals surface area contributed by atoms with Crippen molar-refractivity contribution in [2.24, 2.45) is 5.92 Å². The highest BCUT2D eigenvalue weighted by molar-refractivity contribution is 8.11. The third-order valence-electron chi connectivity index (χ3n) is 1.36. The van der Waals surface area contributed by atoms with Crippen molar-refractivity contribution in [2.45, 2.75) is 13.8 Å². The molecule has 0 saturated carbocycles. The highest BCUT2D eigenvalue weighted by atomic mass is 35.7. The van der Waals surface area contributed by atoms with Gasteiger partial charge >= 0.3 is 0 Å². The van der Waals surface area contributed by atoms with Crippen LogP contribution in [0.3, 0.4) is 0 Å². The summed E-state index contributed by atoms with van der Waals surface area (Å²) < 4.78 is 22.6. The average molecular weight is 211 g/mol. The first-order valence-corrected chi connectivity index (χ1v) is 5.77. The Morgan fingerprint density at radius 1 is 1.67 bits per heavy atom. The molecule has 12 heavy (non-hydrogen) atoms. The van der Waals surface area contributed by atoms with Gasteiger partial charge in [-0.05, 0) is 6.92 Å². The quantitative estimate of drug-likeness (QED) is 0.650. The van der Waals surface area contributed by atoms with Crippen LogP contribution < -0.4 is 0 Å². The lowest BCUT2D eigenvalue weighted by atomic mass is 10.2. The van der Waals surface area contributed by atoms with Crippen LogP contribution in [0.1, 0.15) is 13.8 Å². The van der Waals surface area contributed by atoms with E-state index < -0.39 is 9.24 Å². The Morgan fingerprint density at radius 3 is 2.42 bits per heavy atom. The zero-order valence-corrected chi connectivity index (χ0v) is 8.56. The Balaban J connectivity index is 4.32. The lowest BCUT2D eigenvalue weighted by Crippen LogP contribution is -2.30. The van der Waals surface area contributed by atoms with E-state index in [2.05, 4.69) is 0 Å². The molecule has 0 unspecified atom stereocenters. The van der Waals surface area contributed by atoms with Gasteiger partial charge in [0.05, 0.1) is 12.0 Å². The predicted molar refractivity (Wildman–Crippen MR) is 46.8 cm³/mol. The number of nitrogens with zero attached hydrogens (tertiary/aromatic N) is 2. The molecule has 0 spiro atoms. The van der Waals surface area contributed by atoms with Crippen LogP contribution >= 0.6 is 10.7 Å². The van der Waals surface area contributed by atoms with Gasteiger partial charge in [-0.15, -0.1) is 0 Å². The van der Waals surface area contributed by atoms with Gasteiger partial charge in [0.2, 0.25) is 0 Å². The summed E-state index contributed by atoms with van der Waals surface area (Å²) in [6.07, 6.45) is 0. The molecule has 0 amide bonds. The molecule has 0 aromatic carbocycles. The van der Waals surface area contributed by atoms with E-state index in [-0.39, 0.29) is 19.0 Å². The molecule has 1 atom stereocenters. The first-order valence-electron chi connectivity index (χ1n) is 3.51. The lowest BCUT2D eigenvalue weighted by Gasteiger charge is -2.16. The van der Waals surface area contributed by atoms with Gasteiger partial charge in [-0.3, -0.25) is 0 Å². The Hall–Kier alpha value is -0.310. The van der Waals surface area contributed by atoms with E-state index in [0.717, 1.165) is 4.31 Å². The topological polar surface area (TPSA) is 61.2 Å². The first kappa shape index (κ1) is 11.7. The zero-order chi connectivity index (χ0) is 9.78. The van der Waals surface area contributed by atoms with Gasteiger partial charge in [0.15, 0.2) is 0 Å². The SMILES string of the molecule is CCN(C[C@H](C)C#N)S(=O)(=O)Cl. The van der Waals surface area contributed by atoms with E-state index in [4.69, 9.17) is 15.9 Å². The van der Waals surface area contributed by atoms with Gasteiger partial charge in [0.25, 0.3) is 9.24 Å². The van der Waals surface area contributed by atoms with Crippen molar-refractivity contribution in [1.29, 1.82) is 5.26 Å². The maximum absolute atomic E-state index is 10.8. The molecule has 0 aromatic heterocycles. The molecular formula is C6H11ClN2O2S. The molecule has 0 radical (unpaired) electrons. The van der Waals surface area contributed by atoms with Crippen molar-refractivity contribution in [3.8, 4) is 6.07 Å². The Labute approximate surface area is 77.3 Å². The molecule has 70 valence electrons. The van der Waals surface area contributed by atoms with Crippen molar-refractivity contribution in [1.82, 2.24) is 4.31 Å². The number of halogens is 1. The summed E-state index contributed by atoms with van der Waals surface area (Å²) in [5, 5.41) is 8.43. The third kappa shape index (κ3) is 3.90. The summed E-state index contributed by atoms with van der Waals surface area (Å²) in [6, 6.07) is 1.94. The molecule has 4 nitrogen and oxygen atoms in total. The smallest absolute Gasteiger partial charge is 0.198 e. The van der Waals surface area contributed by atoms with E-state index in [9.17, 15) is 8.42 Å². The summed E-state index contributed by atoms with van der Waals surface area (Å²) in [5.41, 5.74) is 0. The summed E-state index contributed by atoms with van der Waals surface area (Å²) in [6.45, 7) is 3.76. The molecular weight excluding hydrogens is 200 g/mol. The molecule has 0 heterocycles. The van der Waals surface area contributed by atoms with Crippen molar-refractivity contribution in [3.63, 3.8) is 0 Å². The Kier molecular flexibility index (Phi) is 4.53. The van der Waals surface area contributed by atoms with Crippen LogP contribution in [0.5, 0.6) is 0 Å². The lowest BCUT2D eigenvalue weighted by molar-refractivity contribution is 0.409. The molecule has 0 bridgehead atoms. The monoisotopic (exact) mass is 210 g/mol. The van der Waals surface area contributed by atoms with E-state index in [1.807, 2.05) is 6.07 Å². The number of hydrogen-bond donors (Lipinski definition) is 0. The summed E-state index contributed by atoms with van der Waals surface area (Å²) in [5.74, 6) is -0.335. The molecule has 0 fully saturated rings. The van der Waals surface area contributed by atoms with E-state index >= 15 is 0 Å². The summed E-state index contributed by atoms with van der Waals surface area (Å²) >= 11 is 0. The van der Waals surface area contributed by atoms with Crippen LogP contribution in [-0.4, -0.2) is 25.8 Å². The van der Waals surface area contributed by atoms with Gasteiger partial charge in [-0.25, -0.2) is 0 Å². The van der Waals surface area contributed by atoms with Crippen LogP contribution in [0.2, 0.25) is 0 Å². The van der Waals surface area contributed by atoms with Crippen LogP contribution in [-0.2, 0) is 9.24 Å². The fraction of sp³-hybridized carbons (Fsp3) is 0.833. The van der Waals surface area contributed by atoms with Crippen LogP contribution in [0, 0.1) is 17.2 Å². The number of rotatable bonds is 4. The molecule has 0 aliphatic carbocycles. The zero-order valence-electron chi connectivity index (χ0n) is 6.99. The highest BCUT2D eigenvalue weighted by Gasteiger charge is 2.18. The van der Waals surface area contributed by atoms with Crippen LogP contribution in [0.4, 0.5) is 0 Å². The van der Waals surface area contributed by atoms with E-state index in [0.29, 0.717) is 0 Å². The largest absolute Gasteiger partial charge is 0.299 e. The van der Waals surface area contributed by atoms with E-state index in [1.165, 1.54) is 0 Å². The minimum absolute atomic E-state index is 0.152. The van der Waals surface area contributed by atoms with Gasteiger partial charge < -0.3 is 0 Å². The van der Waals surface area contributed by atoms with Gasteiger partial charge in [0.1, 0.15) is 0 Å². The van der Waals surface area contributed by atoms with Crippen LogP contribution in [0.25, 0.3) is 0 Å². The maximum Gasteiger partial charge on any atom is 0.299 e. The average Bonchev–Trinajstić information content (AvgIpc) is 1.97. The van der Waals surface area contributed by atoms with Crippen molar-refractivity contribution < 1.29 is 8.42 Å². The fourth-order valence-corrected chi connectivity index (χ4v) is 1.89. The van der Waals surface area contributed by atoms with Gasteiger partial charge in [-0.2, -0.15) is 18.0 Å². The first-order chi connectivity index (χ1) is 5.41. The van der Waals surface area contributed by atoms with Gasteiger partial charge in [-0.1, -0.05) is 6.92 Å². The van der Waals surface area contributed by atoms with Crippen molar-refractivity contribution >= 4 is 19.9 Å². The van der Waals surface area contributed by atoms with E-state index in [1.54, 1.807) is 13.8 Å². The minimum Gasteiger partial charge on any atom is -0.198 e. The highest BCUT2D eigenvalue weighted by Crippen LogP contribution is 2.08. The molecule has 0 aliphatic rings. The maximum atomic E-state index is 10.8. The second kappa shape index (κ2) is 4.65. The fourth-order valence-electron chi connectivity index (χ4n) is 0.719. The molecule has 0 aromatic rings. The molecule has 0 aliphatic heterocycles. The normalized spacial score (nSPS) is 14.2. The predicted octanol–water partition coefficient (Wildman–Crippen LogP) is 0.952. The second-order valence-corrected chi connectivity index (χ2v) is 4.93. The number of nitriles is 1. The van der Waals surface area contributed by atoms with Crippen molar-refractivity contribution in [2.75, 3.05) is 13.1 Å². The minimum atomic E-state index is -3.67. The molecule has 0 rings (SSSR count). The molecule has 0 N–H and O–H groups in total. The van der Waals surface area contributed by atoms with Crippen LogP contribution in [0.15, 0.2) is 0 Å². The van der Waals surface area contributed by atoms with Gasteiger partial charge in [0, 0.05) is 23.8 Å². The standard InChI is InChI=1S/C6H11ClN2O2S/c1-3-9(12(7,10)11)5-6(2)4-8/h6H,3,5H2,1-2H3/t6-/m1/s1. The molecule has 0 saturated heterocycles. The Bertz CT molecular complexity index is 270. The van der Waals surface area contributed by atoms with Crippen molar-refractivity contribution in [3.05, 3.63) is 0 Å². The Morgan fingerprint density at radius 2 is 2.17 bits per heavy atom. The summed E-state index contributed by atoms with van der Waals surface area (Å²) in [7, 11) is 1.42. The summed E-state index contributed by atoms with van der Waals surface area (Å²) in [4.78, 5) is 0. The second-order valence-electron chi connectivity index (χ2n) is 2.42.